The average molecular weight is 195 g/mol. The van der Waals surface area contributed by atoms with Gasteiger partial charge in [-0.3, -0.25) is 0 Å². The van der Waals surface area contributed by atoms with E-state index in [1.54, 1.807) is 0 Å². The van der Waals surface area contributed by atoms with Crippen LogP contribution in [-0.2, 0) is 8.58 Å². The van der Waals surface area contributed by atoms with Crippen LogP contribution in [0.4, 0.5) is 0 Å². The van der Waals surface area contributed by atoms with E-state index in [4.69, 9.17) is 0 Å². The van der Waals surface area contributed by atoms with Crippen molar-refractivity contribution >= 4 is 0 Å². The SMILES string of the molecule is [O-][Cl+2]([O-])OCCO[Cl+2]([O-])[O-]. The van der Waals surface area contributed by atoms with Crippen molar-refractivity contribution in [1.82, 2.24) is 0 Å². The molecule has 0 aliphatic carbocycles. The Morgan fingerprint density at radius 2 is 1.10 bits per heavy atom. The maximum atomic E-state index is 9.57. The standard InChI is InChI=1S/C2H4Cl2O6/c5-3(6)9-1-2-10-4(7)8/h1-2H2. The average Bonchev–Trinajstić information content (AvgIpc) is 1.79. The van der Waals surface area contributed by atoms with Crippen LogP contribution in [0.1, 0.15) is 0 Å². The second kappa shape index (κ2) is 6.08. The topological polar surface area (TPSA) is 111 Å². The lowest BCUT2D eigenvalue weighted by molar-refractivity contribution is -1.63. The summed E-state index contributed by atoms with van der Waals surface area (Å²) in [7, 11) is -4.63. The van der Waals surface area contributed by atoms with Gasteiger partial charge in [0.2, 0.25) is 0 Å². The molecule has 0 saturated carbocycles. The van der Waals surface area contributed by atoms with Crippen LogP contribution in [0.5, 0.6) is 0 Å². The van der Waals surface area contributed by atoms with Gasteiger partial charge in [0.05, 0.1) is 0 Å². The smallest absolute Gasteiger partial charge is 0.285 e. The molecule has 0 amide bonds. The van der Waals surface area contributed by atoms with Crippen LogP contribution in [0.15, 0.2) is 0 Å². The number of hydrogen-bond donors (Lipinski definition) is 0. The zero-order valence-corrected chi connectivity index (χ0v) is 6.13. The highest BCUT2D eigenvalue weighted by molar-refractivity contribution is 4.12. The molecule has 0 saturated heterocycles. The van der Waals surface area contributed by atoms with Gasteiger partial charge >= 0.3 is 0 Å². The van der Waals surface area contributed by atoms with Crippen LogP contribution in [0.3, 0.4) is 0 Å². The van der Waals surface area contributed by atoms with E-state index < -0.39 is 21.6 Å². The lowest BCUT2D eigenvalue weighted by Crippen LogP contribution is -2.37. The van der Waals surface area contributed by atoms with E-state index >= 15 is 0 Å². The molecule has 6 nitrogen and oxygen atoms in total. The van der Waals surface area contributed by atoms with Gasteiger partial charge in [0.15, 0.2) is 13.2 Å². The van der Waals surface area contributed by atoms with Gasteiger partial charge in [0, 0.05) is 8.58 Å². The van der Waals surface area contributed by atoms with Crippen molar-refractivity contribution in [3.05, 3.63) is 0 Å². The number of rotatable bonds is 5. The van der Waals surface area contributed by atoms with Crippen molar-refractivity contribution in [3.63, 3.8) is 0 Å². The predicted octanol–water partition coefficient (Wildman–Crippen LogP) is -4.81. The highest BCUT2D eigenvalue weighted by Gasteiger charge is 2.12. The van der Waals surface area contributed by atoms with Crippen LogP contribution < -0.4 is 18.6 Å². The normalized spacial score (nSPS) is 11.4. The lowest BCUT2D eigenvalue weighted by Gasteiger charge is -1.92. The fourth-order valence-corrected chi connectivity index (χ4v) is 0.567. The van der Waals surface area contributed by atoms with E-state index in [2.05, 4.69) is 8.58 Å². The van der Waals surface area contributed by atoms with Gasteiger partial charge < -0.3 is 18.6 Å². The molecular formula is C2H4Cl2O6. The van der Waals surface area contributed by atoms with Crippen molar-refractivity contribution < 1.29 is 48.8 Å². The highest BCUT2D eigenvalue weighted by atomic mass is 35.6. The molecule has 0 bridgehead atoms. The van der Waals surface area contributed by atoms with Gasteiger partial charge in [-0.2, -0.15) is 0 Å². The van der Waals surface area contributed by atoms with Gasteiger partial charge in [-0.1, -0.05) is 0 Å². The molecule has 0 aromatic carbocycles. The molecule has 0 N–H and O–H groups in total. The second-order valence-corrected chi connectivity index (χ2v) is 2.20. The van der Waals surface area contributed by atoms with E-state index in [1.165, 1.54) is 0 Å². The second-order valence-electron chi connectivity index (χ2n) is 1.00. The van der Waals surface area contributed by atoms with E-state index in [1.807, 2.05) is 0 Å². The van der Waals surface area contributed by atoms with E-state index in [-0.39, 0.29) is 13.2 Å². The summed E-state index contributed by atoms with van der Waals surface area (Å²) in [5.41, 5.74) is 0. The minimum Gasteiger partial charge on any atom is -0.320 e. The van der Waals surface area contributed by atoms with Gasteiger partial charge in [-0.25, -0.2) is 0 Å². The van der Waals surface area contributed by atoms with Crippen molar-refractivity contribution in [1.29, 1.82) is 0 Å². The summed E-state index contributed by atoms with van der Waals surface area (Å²) in [5, 5.41) is 0. The van der Waals surface area contributed by atoms with Crippen LogP contribution in [0.2, 0.25) is 0 Å². The first kappa shape index (κ1) is 10.3. The molecule has 0 unspecified atom stereocenters. The molecule has 0 fully saturated rings. The fourth-order valence-electron chi connectivity index (χ4n) is 0.189. The maximum absolute atomic E-state index is 9.57. The Labute approximate surface area is 62.8 Å². The Balaban J connectivity index is 2.91. The molecular weight excluding hydrogens is 191 g/mol. The molecule has 0 spiro atoms. The Kier molecular flexibility index (Phi) is 6.28. The molecule has 0 radical (unpaired) electrons. The maximum Gasteiger partial charge on any atom is 0.285 e. The van der Waals surface area contributed by atoms with Gasteiger partial charge in [0.1, 0.15) is 0 Å². The minimum atomic E-state index is -2.31. The summed E-state index contributed by atoms with van der Waals surface area (Å²) in [5.74, 6) is 0. The molecule has 0 rings (SSSR count). The molecule has 0 atom stereocenters. The highest BCUT2D eigenvalue weighted by Crippen LogP contribution is 1.81. The van der Waals surface area contributed by atoms with Crippen LogP contribution in [-0.4, -0.2) is 13.2 Å². The van der Waals surface area contributed by atoms with Crippen molar-refractivity contribution in [3.8, 4) is 0 Å². The monoisotopic (exact) mass is 194 g/mol. The Hall–Kier alpha value is 0.340. The summed E-state index contributed by atoms with van der Waals surface area (Å²) in [6.45, 7) is -0.654. The largest absolute Gasteiger partial charge is 0.320 e. The third-order valence-electron chi connectivity index (χ3n) is 0.416. The summed E-state index contributed by atoms with van der Waals surface area (Å²) in [6.07, 6.45) is 0. The third-order valence-corrected chi connectivity index (χ3v) is 1.08. The molecule has 0 aromatic heterocycles. The summed E-state index contributed by atoms with van der Waals surface area (Å²) >= 11 is 0. The summed E-state index contributed by atoms with van der Waals surface area (Å²) in [6, 6.07) is 0. The Morgan fingerprint density at radius 1 is 0.800 bits per heavy atom. The first-order valence-electron chi connectivity index (χ1n) is 2.00. The van der Waals surface area contributed by atoms with Crippen molar-refractivity contribution in [2.45, 2.75) is 0 Å². The molecule has 0 aromatic rings. The van der Waals surface area contributed by atoms with E-state index in [0.717, 1.165) is 0 Å². The van der Waals surface area contributed by atoms with Crippen LogP contribution in [0.25, 0.3) is 0 Å². The molecule has 0 aliphatic heterocycles. The Bertz CT molecular complexity index is 66.1. The zero-order valence-electron chi connectivity index (χ0n) is 4.62. The predicted molar refractivity (Wildman–Crippen MR) is 11.9 cm³/mol. The van der Waals surface area contributed by atoms with Gasteiger partial charge in [-0.05, 0) is 0 Å². The van der Waals surface area contributed by atoms with E-state index in [0.29, 0.717) is 0 Å². The van der Waals surface area contributed by atoms with Gasteiger partial charge in [-0.15, -0.1) is 0 Å². The molecule has 62 valence electrons. The van der Waals surface area contributed by atoms with Gasteiger partial charge in [0.25, 0.3) is 21.6 Å². The van der Waals surface area contributed by atoms with Crippen LogP contribution >= 0.6 is 0 Å². The molecule has 8 heteroatoms. The molecule has 0 aliphatic rings. The third kappa shape index (κ3) is 8.34. The first-order valence-corrected chi connectivity index (χ1v) is 3.85. The quantitative estimate of drug-likeness (QED) is 0.407. The fraction of sp³-hybridized carbons (Fsp3) is 1.00. The van der Waals surface area contributed by atoms with Crippen molar-refractivity contribution in [2.75, 3.05) is 13.2 Å². The molecule has 0 heterocycles. The number of halogens is 2. The zero-order chi connectivity index (χ0) is 7.98. The van der Waals surface area contributed by atoms with E-state index in [9.17, 15) is 18.6 Å². The number of hydrogen-bond acceptors (Lipinski definition) is 6. The van der Waals surface area contributed by atoms with Crippen LogP contribution in [0, 0.1) is 21.6 Å². The lowest BCUT2D eigenvalue weighted by atomic mass is 10.8. The summed E-state index contributed by atoms with van der Waals surface area (Å²) < 4.78 is 46.0. The minimum absolute atomic E-state index is 0.327. The first-order chi connectivity index (χ1) is 4.63. The van der Waals surface area contributed by atoms with Crippen molar-refractivity contribution in [2.24, 2.45) is 0 Å². The molecule has 10 heavy (non-hydrogen) atoms. The summed E-state index contributed by atoms with van der Waals surface area (Å²) in [4.78, 5) is 0. The Morgan fingerprint density at radius 3 is 1.30 bits per heavy atom.